The number of halogens is 1. The summed E-state index contributed by atoms with van der Waals surface area (Å²) in [5.41, 5.74) is 2.04. The van der Waals surface area contributed by atoms with Gasteiger partial charge in [-0.15, -0.1) is 0 Å². The van der Waals surface area contributed by atoms with E-state index in [-0.39, 0.29) is 5.29 Å². The minimum Gasteiger partial charge on any atom is -0.340 e. The molecule has 0 saturated carbocycles. The van der Waals surface area contributed by atoms with Gasteiger partial charge in [0.25, 0.3) is 0 Å². The highest BCUT2D eigenvalue weighted by molar-refractivity contribution is 7.70. The highest BCUT2D eigenvalue weighted by Crippen LogP contribution is 2.34. The van der Waals surface area contributed by atoms with Gasteiger partial charge in [0.2, 0.25) is 5.29 Å². The number of allylic oxidation sites excluding steroid dienone is 1. The lowest BCUT2D eigenvalue weighted by Crippen LogP contribution is -2.05. The third-order valence-electron chi connectivity index (χ3n) is 3.25. The Kier molecular flexibility index (Phi) is 5.02. The summed E-state index contributed by atoms with van der Waals surface area (Å²) in [6, 6.07) is 7.58. The highest BCUT2D eigenvalue weighted by Gasteiger charge is 2.12. The van der Waals surface area contributed by atoms with Crippen LogP contribution < -0.4 is 10.6 Å². The summed E-state index contributed by atoms with van der Waals surface area (Å²) in [5, 5.41) is 4.36. The van der Waals surface area contributed by atoms with Crippen LogP contribution in [0.15, 0.2) is 45.6 Å². The first-order valence-electron chi connectivity index (χ1n) is 6.81. The Bertz CT molecular complexity index is 656. The topological polar surface area (TPSA) is 53.8 Å². The first-order valence-corrected chi connectivity index (χ1v) is 9.79. The SMILES string of the molecule is CCC1=C(Nc2ccc(P(C)(C)=O)cc2)N=C(Cl)N=CC1. The van der Waals surface area contributed by atoms with E-state index in [0.29, 0.717) is 0 Å². The van der Waals surface area contributed by atoms with E-state index in [2.05, 4.69) is 22.2 Å². The second kappa shape index (κ2) is 6.59. The van der Waals surface area contributed by atoms with Crippen molar-refractivity contribution in [3.05, 3.63) is 35.7 Å². The van der Waals surface area contributed by atoms with Crippen LogP contribution in [0.3, 0.4) is 0 Å². The molecule has 6 heteroatoms. The fourth-order valence-electron chi connectivity index (χ4n) is 2.00. The van der Waals surface area contributed by atoms with E-state index in [1.807, 2.05) is 24.3 Å². The Morgan fingerprint density at radius 2 is 1.95 bits per heavy atom. The van der Waals surface area contributed by atoms with Gasteiger partial charge < -0.3 is 9.88 Å². The summed E-state index contributed by atoms with van der Waals surface area (Å²) in [5.74, 6) is 0.740. The standard InChI is InChI=1S/C15H19ClN3OP/c1-4-11-9-10-17-15(16)19-14(11)18-12-5-7-13(8-6-12)21(2,3)20/h5-8,10,18H,4,9H2,1-3H3. The van der Waals surface area contributed by atoms with Crippen molar-refractivity contribution in [2.75, 3.05) is 18.6 Å². The number of anilines is 1. The van der Waals surface area contributed by atoms with E-state index in [1.54, 1.807) is 19.5 Å². The van der Waals surface area contributed by atoms with Crippen molar-refractivity contribution in [3.63, 3.8) is 0 Å². The molecular formula is C15H19ClN3OP. The smallest absolute Gasteiger partial charge is 0.223 e. The maximum atomic E-state index is 12.0. The summed E-state index contributed by atoms with van der Waals surface area (Å²) in [7, 11) is -2.22. The number of nitrogens with zero attached hydrogens (tertiary/aromatic N) is 2. The van der Waals surface area contributed by atoms with Gasteiger partial charge in [-0.1, -0.05) is 6.92 Å². The second-order valence-electron chi connectivity index (χ2n) is 5.23. The molecule has 1 N–H and O–H groups in total. The molecule has 112 valence electrons. The number of hydrogen-bond donors (Lipinski definition) is 1. The number of aliphatic imine (C=N–C) groups is 2. The van der Waals surface area contributed by atoms with Crippen molar-refractivity contribution in [1.29, 1.82) is 0 Å². The van der Waals surface area contributed by atoms with E-state index in [1.165, 1.54) is 0 Å². The summed E-state index contributed by atoms with van der Waals surface area (Å²) in [6.07, 6.45) is 3.38. The van der Waals surface area contributed by atoms with Gasteiger partial charge in [0, 0.05) is 23.6 Å². The van der Waals surface area contributed by atoms with Gasteiger partial charge >= 0.3 is 0 Å². The van der Waals surface area contributed by atoms with E-state index in [9.17, 15) is 4.57 Å². The molecule has 0 aliphatic carbocycles. The monoisotopic (exact) mass is 323 g/mol. The molecular weight excluding hydrogens is 305 g/mol. The van der Waals surface area contributed by atoms with Crippen molar-refractivity contribution >= 4 is 41.2 Å². The zero-order valence-electron chi connectivity index (χ0n) is 12.4. The summed E-state index contributed by atoms with van der Waals surface area (Å²) in [4.78, 5) is 8.32. The summed E-state index contributed by atoms with van der Waals surface area (Å²) < 4.78 is 12.0. The van der Waals surface area contributed by atoms with Crippen LogP contribution in [-0.2, 0) is 4.57 Å². The van der Waals surface area contributed by atoms with Gasteiger partial charge in [0.15, 0.2) is 0 Å². The van der Waals surface area contributed by atoms with Crippen molar-refractivity contribution < 1.29 is 4.57 Å². The van der Waals surface area contributed by atoms with Crippen LogP contribution in [0.4, 0.5) is 5.69 Å². The quantitative estimate of drug-likeness (QED) is 0.671. The first kappa shape index (κ1) is 16.0. The van der Waals surface area contributed by atoms with Gasteiger partial charge in [-0.2, -0.15) is 0 Å². The van der Waals surface area contributed by atoms with Crippen LogP contribution in [-0.4, -0.2) is 24.8 Å². The zero-order valence-corrected chi connectivity index (χ0v) is 14.1. The van der Waals surface area contributed by atoms with E-state index in [4.69, 9.17) is 11.6 Å². The number of hydrogen-bond acceptors (Lipinski definition) is 4. The van der Waals surface area contributed by atoms with E-state index in [0.717, 1.165) is 35.2 Å². The predicted molar refractivity (Wildman–Crippen MR) is 92.9 cm³/mol. The van der Waals surface area contributed by atoms with Crippen molar-refractivity contribution in [3.8, 4) is 0 Å². The third kappa shape index (κ3) is 4.29. The minimum absolute atomic E-state index is 0.226. The minimum atomic E-state index is -2.22. The van der Waals surface area contributed by atoms with Gasteiger partial charge in [0.1, 0.15) is 13.0 Å². The zero-order chi connectivity index (χ0) is 15.5. The van der Waals surface area contributed by atoms with Crippen LogP contribution in [0.2, 0.25) is 0 Å². The maximum Gasteiger partial charge on any atom is 0.223 e. The van der Waals surface area contributed by atoms with Crippen LogP contribution in [0.25, 0.3) is 0 Å². The predicted octanol–water partition coefficient (Wildman–Crippen LogP) is 4.04. The Balaban J connectivity index is 2.26. The molecule has 0 bridgehead atoms. The number of benzene rings is 1. The molecule has 0 fully saturated rings. The lowest BCUT2D eigenvalue weighted by Gasteiger charge is -2.12. The summed E-state index contributed by atoms with van der Waals surface area (Å²) >= 11 is 5.93. The maximum absolute atomic E-state index is 12.0. The molecule has 0 saturated heterocycles. The molecule has 2 rings (SSSR count). The van der Waals surface area contributed by atoms with Gasteiger partial charge in [0.05, 0.1) is 0 Å². The molecule has 0 spiro atoms. The van der Waals surface area contributed by atoms with Crippen LogP contribution in [0, 0.1) is 0 Å². The molecule has 1 heterocycles. The first-order chi connectivity index (χ1) is 9.90. The lowest BCUT2D eigenvalue weighted by molar-refractivity contribution is 0.588. The number of amidine groups is 1. The molecule has 0 radical (unpaired) electrons. The molecule has 0 unspecified atom stereocenters. The number of rotatable bonds is 4. The fourth-order valence-corrected chi connectivity index (χ4v) is 3.02. The van der Waals surface area contributed by atoms with Gasteiger partial charge in [-0.3, -0.25) is 0 Å². The Morgan fingerprint density at radius 3 is 2.52 bits per heavy atom. The molecule has 4 nitrogen and oxygen atoms in total. The summed E-state index contributed by atoms with van der Waals surface area (Å²) in [6.45, 7) is 5.60. The highest BCUT2D eigenvalue weighted by atomic mass is 35.5. The van der Waals surface area contributed by atoms with Crippen molar-refractivity contribution in [2.45, 2.75) is 19.8 Å². The normalized spacial score (nSPS) is 15.7. The Hall–Kier alpha value is -1.38. The second-order valence-corrected chi connectivity index (χ2v) is 8.78. The van der Waals surface area contributed by atoms with Crippen molar-refractivity contribution in [1.82, 2.24) is 0 Å². The average molecular weight is 324 g/mol. The molecule has 1 aromatic carbocycles. The molecule has 1 aromatic rings. The lowest BCUT2D eigenvalue weighted by atomic mass is 10.1. The average Bonchev–Trinajstić information content (AvgIpc) is 2.59. The molecule has 0 atom stereocenters. The van der Waals surface area contributed by atoms with E-state index >= 15 is 0 Å². The van der Waals surface area contributed by atoms with Crippen molar-refractivity contribution in [2.24, 2.45) is 9.98 Å². The Labute approximate surface area is 130 Å². The molecule has 1 aliphatic rings. The van der Waals surface area contributed by atoms with Gasteiger partial charge in [-0.05, 0) is 61.2 Å². The van der Waals surface area contributed by atoms with Crippen LogP contribution in [0.1, 0.15) is 19.8 Å². The van der Waals surface area contributed by atoms with Crippen LogP contribution >= 0.6 is 18.7 Å². The molecule has 1 aliphatic heterocycles. The number of nitrogens with one attached hydrogen (secondary N) is 1. The third-order valence-corrected chi connectivity index (χ3v) is 4.98. The van der Waals surface area contributed by atoms with Crippen LogP contribution in [0.5, 0.6) is 0 Å². The largest absolute Gasteiger partial charge is 0.340 e. The fraction of sp³-hybridized carbons (Fsp3) is 0.333. The molecule has 21 heavy (non-hydrogen) atoms. The molecule has 0 aromatic heterocycles. The molecule has 0 amide bonds. The Morgan fingerprint density at radius 1 is 1.29 bits per heavy atom. The van der Waals surface area contributed by atoms with E-state index < -0.39 is 7.14 Å². The van der Waals surface area contributed by atoms with Gasteiger partial charge in [-0.25, -0.2) is 9.98 Å².